The Labute approximate surface area is 420 Å². The van der Waals surface area contributed by atoms with Crippen LogP contribution in [0.2, 0.25) is 0 Å². The zero-order chi connectivity index (χ0) is 47.3. The lowest BCUT2D eigenvalue weighted by molar-refractivity contribution is 0.360. The molecule has 2 aromatic heterocycles. The van der Waals surface area contributed by atoms with Crippen molar-refractivity contribution in [3.8, 4) is 50.9 Å². The highest BCUT2D eigenvalue weighted by Gasteiger charge is 2.48. The van der Waals surface area contributed by atoms with Crippen molar-refractivity contribution in [3.63, 3.8) is 0 Å². The van der Waals surface area contributed by atoms with Gasteiger partial charge >= 0.3 is 0 Å². The lowest BCUT2D eigenvalue weighted by Crippen LogP contribution is -2.28. The van der Waals surface area contributed by atoms with E-state index in [9.17, 15) is 0 Å². The van der Waals surface area contributed by atoms with Gasteiger partial charge in [0.05, 0.1) is 22.1 Å². The Morgan fingerprint density at radius 1 is 0.375 bits per heavy atom. The Kier molecular flexibility index (Phi) is 9.01. The number of ether oxygens (including phenoxy) is 2. The average Bonchev–Trinajstić information content (AvgIpc) is 4.10. The molecule has 0 N–H and O–H groups in total. The molecule has 2 aliphatic rings. The second-order valence-corrected chi connectivity index (χ2v) is 19.8. The van der Waals surface area contributed by atoms with E-state index in [4.69, 9.17) is 9.47 Å². The fraction of sp³-hybridized carbons (Fsp3) is 0.0149. The Hall–Kier alpha value is -9.16. The molecule has 1 aliphatic heterocycles. The Bertz CT molecular complexity index is 4190. The van der Waals surface area contributed by atoms with Gasteiger partial charge in [0.15, 0.2) is 23.0 Å². The fourth-order valence-electron chi connectivity index (χ4n) is 11.8. The minimum Gasteiger partial charge on any atom is -0.449 e. The van der Waals surface area contributed by atoms with Crippen molar-refractivity contribution in [1.82, 2.24) is 4.57 Å². The maximum absolute atomic E-state index is 7.11. The van der Waals surface area contributed by atoms with Crippen molar-refractivity contribution in [2.75, 3.05) is 4.90 Å². The maximum atomic E-state index is 7.11. The molecule has 0 fully saturated rings. The predicted molar refractivity (Wildman–Crippen MR) is 298 cm³/mol. The lowest BCUT2D eigenvalue weighted by Gasteiger charge is -2.34. The number of para-hydroxylation sites is 2. The Morgan fingerprint density at radius 3 is 1.75 bits per heavy atom. The van der Waals surface area contributed by atoms with E-state index in [1.807, 2.05) is 11.3 Å². The van der Waals surface area contributed by atoms with E-state index in [1.54, 1.807) is 0 Å². The van der Waals surface area contributed by atoms with Crippen molar-refractivity contribution in [2.24, 2.45) is 0 Å². The molecule has 72 heavy (non-hydrogen) atoms. The van der Waals surface area contributed by atoms with Crippen LogP contribution < -0.4 is 14.4 Å². The van der Waals surface area contributed by atoms with Gasteiger partial charge in [-0.15, -0.1) is 11.3 Å². The molecule has 5 heteroatoms. The summed E-state index contributed by atoms with van der Waals surface area (Å²) in [6.45, 7) is 0. The molecule has 13 aromatic rings. The second kappa shape index (κ2) is 15.9. The normalized spacial score (nSPS) is 13.1. The summed E-state index contributed by atoms with van der Waals surface area (Å²) in [7, 11) is 0. The minimum absolute atomic E-state index is 0.550. The summed E-state index contributed by atoms with van der Waals surface area (Å²) in [5.41, 5.74) is 15.2. The van der Waals surface area contributed by atoms with Crippen LogP contribution in [0.5, 0.6) is 23.0 Å². The standard InChI is InChI=1S/C67H42N2O2S/c1-3-16-45(17-4-1)67(46-18-5-2-6-19-46)56-26-11-7-25-54(56)65-57(67)36-38-61-66(65)71-60-37-35-50(42-62(60)70-61)68(47-33-30-43(31-34-47)44-32-39-64-55(40-44)53-24-10-14-29-63(53)72-64)48-20-15-21-49(41-48)69-58-27-12-8-22-51(58)52-23-9-13-28-59(52)69/h1-42H. The largest absolute Gasteiger partial charge is 0.449 e. The molecule has 0 radical (unpaired) electrons. The fourth-order valence-corrected chi connectivity index (χ4v) is 12.9. The Morgan fingerprint density at radius 2 is 0.986 bits per heavy atom. The topological polar surface area (TPSA) is 26.6 Å². The second-order valence-electron chi connectivity index (χ2n) is 18.8. The highest BCUT2D eigenvalue weighted by atomic mass is 32.1. The van der Waals surface area contributed by atoms with Crippen molar-refractivity contribution < 1.29 is 9.47 Å². The van der Waals surface area contributed by atoms with Gasteiger partial charge in [-0.3, -0.25) is 0 Å². The van der Waals surface area contributed by atoms with E-state index in [-0.39, 0.29) is 0 Å². The molecule has 0 saturated carbocycles. The van der Waals surface area contributed by atoms with Gasteiger partial charge in [0.25, 0.3) is 0 Å². The van der Waals surface area contributed by atoms with Gasteiger partial charge in [0.2, 0.25) is 0 Å². The minimum atomic E-state index is -0.550. The third-order valence-electron chi connectivity index (χ3n) is 14.9. The van der Waals surface area contributed by atoms with Gasteiger partial charge in [0, 0.05) is 59.6 Å². The summed E-state index contributed by atoms with van der Waals surface area (Å²) in [5.74, 6) is 2.73. The number of nitrogens with zero attached hydrogens (tertiary/aromatic N) is 2. The molecule has 0 amide bonds. The summed E-state index contributed by atoms with van der Waals surface area (Å²) >= 11 is 1.85. The van der Waals surface area contributed by atoms with Crippen LogP contribution in [-0.2, 0) is 5.41 Å². The van der Waals surface area contributed by atoms with E-state index >= 15 is 0 Å². The summed E-state index contributed by atoms with van der Waals surface area (Å²) in [6.07, 6.45) is 0. The van der Waals surface area contributed by atoms with Crippen LogP contribution in [0.3, 0.4) is 0 Å². The number of hydrogen-bond acceptors (Lipinski definition) is 4. The van der Waals surface area contributed by atoms with Crippen LogP contribution >= 0.6 is 11.3 Å². The van der Waals surface area contributed by atoms with E-state index in [0.717, 1.165) is 45.2 Å². The number of hydrogen-bond donors (Lipinski definition) is 0. The number of rotatable bonds is 7. The van der Waals surface area contributed by atoms with Gasteiger partial charge in [-0.05, 0) is 118 Å². The van der Waals surface area contributed by atoms with Crippen LogP contribution in [0.15, 0.2) is 255 Å². The molecule has 338 valence electrons. The molecule has 11 aromatic carbocycles. The number of benzene rings is 11. The smallest absolute Gasteiger partial charge is 0.178 e. The summed E-state index contributed by atoms with van der Waals surface area (Å²) in [6, 6.07) is 91.8. The average molecular weight is 939 g/mol. The predicted octanol–water partition coefficient (Wildman–Crippen LogP) is 18.5. The first-order chi connectivity index (χ1) is 35.7. The third kappa shape index (κ3) is 6.05. The van der Waals surface area contributed by atoms with Gasteiger partial charge in [-0.1, -0.05) is 170 Å². The highest BCUT2D eigenvalue weighted by molar-refractivity contribution is 7.25. The summed E-state index contributed by atoms with van der Waals surface area (Å²) in [5, 5.41) is 5.05. The van der Waals surface area contributed by atoms with Crippen molar-refractivity contribution in [2.45, 2.75) is 5.41 Å². The SMILES string of the molecule is c1ccc(C2(c3ccccc3)c3ccccc3-c3c2ccc2c3Oc3ccc(N(c4ccc(-c5ccc6sc7ccccc7c6c5)cc4)c4cccc(-n5c6ccccc6c6ccccc65)c4)cc3O2)cc1. The number of anilines is 3. The maximum Gasteiger partial charge on any atom is 0.178 e. The first-order valence-corrected chi connectivity index (χ1v) is 25.3. The molecule has 0 unspecified atom stereocenters. The summed E-state index contributed by atoms with van der Waals surface area (Å²) < 4.78 is 19.1. The quantitative estimate of drug-likeness (QED) is 0.159. The van der Waals surface area contributed by atoms with Gasteiger partial charge < -0.3 is 18.9 Å². The monoisotopic (exact) mass is 938 g/mol. The van der Waals surface area contributed by atoms with Crippen LogP contribution in [0.1, 0.15) is 22.3 Å². The third-order valence-corrected chi connectivity index (χ3v) is 16.1. The number of fused-ring (bicyclic) bond motifs is 12. The molecular formula is C67H42N2O2S. The van der Waals surface area contributed by atoms with Crippen molar-refractivity contribution in [1.29, 1.82) is 0 Å². The van der Waals surface area contributed by atoms with Crippen LogP contribution in [0.4, 0.5) is 17.1 Å². The number of thiophene rings is 1. The Balaban J connectivity index is 0.861. The zero-order valence-electron chi connectivity index (χ0n) is 38.9. The molecular weight excluding hydrogens is 897 g/mol. The van der Waals surface area contributed by atoms with Crippen molar-refractivity contribution in [3.05, 3.63) is 277 Å². The molecule has 1 aliphatic carbocycles. The molecule has 4 nitrogen and oxygen atoms in total. The van der Waals surface area contributed by atoms with E-state index < -0.39 is 5.41 Å². The molecule has 0 bridgehead atoms. The van der Waals surface area contributed by atoms with Crippen LogP contribution in [0.25, 0.3) is 69.9 Å². The van der Waals surface area contributed by atoms with Gasteiger partial charge in [0.1, 0.15) is 0 Å². The molecule has 15 rings (SSSR count). The lowest BCUT2D eigenvalue weighted by atomic mass is 9.68. The molecule has 0 spiro atoms. The van der Waals surface area contributed by atoms with Gasteiger partial charge in [-0.2, -0.15) is 0 Å². The first-order valence-electron chi connectivity index (χ1n) is 24.5. The van der Waals surface area contributed by atoms with Crippen LogP contribution in [0, 0.1) is 0 Å². The number of aromatic nitrogens is 1. The van der Waals surface area contributed by atoms with E-state index in [0.29, 0.717) is 17.2 Å². The molecule has 0 saturated heterocycles. The molecule has 0 atom stereocenters. The first kappa shape index (κ1) is 40.7. The van der Waals surface area contributed by atoms with Gasteiger partial charge in [-0.25, -0.2) is 0 Å². The zero-order valence-corrected chi connectivity index (χ0v) is 39.7. The van der Waals surface area contributed by atoms with Crippen molar-refractivity contribution >= 4 is 70.4 Å². The summed E-state index contributed by atoms with van der Waals surface area (Å²) in [4.78, 5) is 2.32. The highest BCUT2D eigenvalue weighted by Crippen LogP contribution is 2.62. The molecule has 3 heterocycles. The van der Waals surface area contributed by atoms with Crippen LogP contribution in [-0.4, -0.2) is 4.57 Å². The van der Waals surface area contributed by atoms with E-state index in [2.05, 4.69) is 264 Å². The van der Waals surface area contributed by atoms with E-state index in [1.165, 1.54) is 69.8 Å².